The van der Waals surface area contributed by atoms with E-state index in [1.165, 1.54) is 4.90 Å². The Morgan fingerprint density at radius 1 is 1.06 bits per heavy atom. The van der Waals surface area contributed by atoms with Gasteiger partial charge in [-0.3, -0.25) is 24.6 Å². The number of nitrogens with one attached hydrogen (secondary N) is 4. The Bertz CT molecular complexity index is 1580. The maximum atomic E-state index is 14.3. The zero-order valence-electron chi connectivity index (χ0n) is 27.9. The van der Waals surface area contributed by atoms with Crippen LogP contribution in [0.3, 0.4) is 0 Å². The molecule has 4 heterocycles. The van der Waals surface area contributed by atoms with Gasteiger partial charge in [0.2, 0.25) is 17.8 Å². The van der Waals surface area contributed by atoms with Crippen LogP contribution in [-0.2, 0) is 36.9 Å². The fourth-order valence-corrected chi connectivity index (χ4v) is 6.73. The number of hydrogen-bond acceptors (Lipinski definition) is 10. The first-order valence-corrected chi connectivity index (χ1v) is 16.8. The van der Waals surface area contributed by atoms with Crippen molar-refractivity contribution in [1.82, 2.24) is 41.1 Å². The maximum absolute atomic E-state index is 14.3. The number of aromatic nitrogens is 4. The highest BCUT2D eigenvalue weighted by atomic mass is 16.6. The summed E-state index contributed by atoms with van der Waals surface area (Å²) in [6.07, 6.45) is 5.49. The quantitative estimate of drug-likeness (QED) is 0.349. The highest BCUT2D eigenvalue weighted by Gasteiger charge is 2.61. The lowest BCUT2D eigenvalue weighted by Crippen LogP contribution is -2.57. The number of tetrazole rings is 1. The molecule has 5 amide bonds. The van der Waals surface area contributed by atoms with Crippen LogP contribution in [0.5, 0.6) is 0 Å². The molecule has 1 aromatic heterocycles. The van der Waals surface area contributed by atoms with Crippen molar-refractivity contribution in [2.75, 3.05) is 11.9 Å². The van der Waals surface area contributed by atoms with E-state index in [4.69, 9.17) is 9.47 Å². The summed E-state index contributed by atoms with van der Waals surface area (Å²) in [6, 6.07) is 5.67. The van der Waals surface area contributed by atoms with Crippen molar-refractivity contribution in [3.8, 4) is 0 Å². The predicted molar refractivity (Wildman–Crippen MR) is 173 cm³/mol. The molecule has 0 bridgehead atoms. The monoisotopic (exact) mass is 677 g/mol. The van der Waals surface area contributed by atoms with Crippen LogP contribution in [0, 0.1) is 5.92 Å². The second-order valence-corrected chi connectivity index (χ2v) is 14.1. The molecule has 1 aromatic carbocycles. The van der Waals surface area contributed by atoms with Crippen LogP contribution in [0.1, 0.15) is 76.8 Å². The number of carbonyl (C=O) groups is 5. The van der Waals surface area contributed by atoms with Gasteiger partial charge in [-0.05, 0) is 68.0 Å². The van der Waals surface area contributed by atoms with Crippen LogP contribution >= 0.6 is 0 Å². The molecule has 1 aliphatic carbocycles. The molecule has 16 nitrogen and oxygen atoms in total. The number of ether oxygens (including phenoxy) is 2. The molecule has 1 saturated heterocycles. The van der Waals surface area contributed by atoms with Crippen molar-refractivity contribution in [3.63, 3.8) is 0 Å². The van der Waals surface area contributed by atoms with E-state index in [0.717, 1.165) is 30.4 Å². The number of nitrogens with zero attached hydrogens (tertiary/aromatic N) is 5. The lowest BCUT2D eigenvalue weighted by atomic mass is 10.0. The Hall–Kier alpha value is -5.02. The Kier molecular flexibility index (Phi) is 9.56. The van der Waals surface area contributed by atoms with Crippen molar-refractivity contribution in [1.29, 1.82) is 0 Å². The summed E-state index contributed by atoms with van der Waals surface area (Å²) < 4.78 is 11.4. The SMILES string of the molecule is CC(C)(C)OC(=O)N[C@H]1CCCCC/C=C\[C@@H]2C[C@@]2(C(=O)Nc2nnn[nH]2)NC(=O)[C@@H]2C[C@@H](OC(=O)N3Cc4ccccc4C3)CN2C1=O. The third kappa shape index (κ3) is 7.84. The number of hydrogen-bond donors (Lipinski definition) is 4. The molecular formula is C33H43N9O7. The van der Waals surface area contributed by atoms with E-state index >= 15 is 0 Å². The lowest BCUT2D eigenvalue weighted by molar-refractivity contribution is -0.141. The predicted octanol–water partition coefficient (Wildman–Crippen LogP) is 2.55. The number of aromatic amines is 1. The van der Waals surface area contributed by atoms with E-state index < -0.39 is 59.2 Å². The van der Waals surface area contributed by atoms with Crippen molar-refractivity contribution < 1.29 is 33.4 Å². The number of amides is 5. The summed E-state index contributed by atoms with van der Waals surface area (Å²) in [5.41, 5.74) is -0.0374. The average Bonchev–Trinajstić information content (AvgIpc) is 3.47. The molecule has 6 rings (SSSR count). The fraction of sp³-hybridized carbons (Fsp3) is 0.576. The molecule has 4 N–H and O–H groups in total. The minimum Gasteiger partial charge on any atom is -0.444 e. The van der Waals surface area contributed by atoms with Gasteiger partial charge in [0.25, 0.3) is 5.91 Å². The van der Waals surface area contributed by atoms with Gasteiger partial charge in [-0.25, -0.2) is 14.7 Å². The second-order valence-electron chi connectivity index (χ2n) is 14.1. The average molecular weight is 678 g/mol. The molecule has 4 aliphatic rings. The first-order valence-electron chi connectivity index (χ1n) is 16.8. The summed E-state index contributed by atoms with van der Waals surface area (Å²) >= 11 is 0. The summed E-state index contributed by atoms with van der Waals surface area (Å²) in [5, 5.41) is 21.5. The number of benzene rings is 1. The van der Waals surface area contributed by atoms with Crippen LogP contribution in [0.2, 0.25) is 0 Å². The Morgan fingerprint density at radius 2 is 1.82 bits per heavy atom. The number of carbonyl (C=O) groups excluding carboxylic acids is 5. The van der Waals surface area contributed by atoms with Gasteiger partial charge in [-0.15, -0.1) is 0 Å². The van der Waals surface area contributed by atoms with Crippen LogP contribution < -0.4 is 16.0 Å². The zero-order chi connectivity index (χ0) is 34.8. The van der Waals surface area contributed by atoms with Gasteiger partial charge in [0, 0.05) is 25.4 Å². The fourth-order valence-electron chi connectivity index (χ4n) is 6.73. The Morgan fingerprint density at radius 3 is 2.51 bits per heavy atom. The van der Waals surface area contributed by atoms with E-state index in [0.29, 0.717) is 32.4 Å². The molecule has 16 heteroatoms. The zero-order valence-corrected chi connectivity index (χ0v) is 27.9. The van der Waals surface area contributed by atoms with Gasteiger partial charge in [0.15, 0.2) is 0 Å². The minimum absolute atomic E-state index is 0.00743. The number of anilines is 1. The first-order chi connectivity index (χ1) is 23.4. The van der Waals surface area contributed by atoms with Crippen molar-refractivity contribution in [3.05, 3.63) is 47.5 Å². The third-order valence-electron chi connectivity index (χ3n) is 9.28. The Balaban J connectivity index is 1.24. The molecule has 49 heavy (non-hydrogen) atoms. The maximum Gasteiger partial charge on any atom is 0.410 e. The standard InChI is InChI=1S/C33H43N9O7/c1-32(2,3)49-30(46)34-24-14-8-6-4-5-7-13-22-16-33(22,28(45)35-29-37-39-40-38-29)36-26(43)25-15-23(19-42(25)27(24)44)48-31(47)41-17-20-11-9-10-12-21(20)18-41/h7,9-13,22-25H,4-6,8,14-19H2,1-3H3,(H,34,46)(H,36,43)(H2,35,37,38,39,40,45)/b13-7-/t22-,23-,24+,25+,33-/m1/s1. The lowest BCUT2D eigenvalue weighted by Gasteiger charge is -2.30. The number of H-pyrrole nitrogens is 1. The van der Waals surface area contributed by atoms with Gasteiger partial charge in [0.05, 0.1) is 6.54 Å². The van der Waals surface area contributed by atoms with Crippen molar-refractivity contribution in [2.24, 2.45) is 5.92 Å². The highest BCUT2D eigenvalue weighted by Crippen LogP contribution is 2.46. The summed E-state index contributed by atoms with van der Waals surface area (Å²) in [5.74, 6) is -1.84. The molecule has 2 fully saturated rings. The molecule has 0 radical (unpaired) electrons. The number of rotatable bonds is 4. The normalized spacial score (nSPS) is 27.7. The van der Waals surface area contributed by atoms with Crippen LogP contribution in [-0.4, -0.2) is 96.2 Å². The highest BCUT2D eigenvalue weighted by molar-refractivity contribution is 6.04. The van der Waals surface area contributed by atoms with Gasteiger partial charge < -0.3 is 25.0 Å². The van der Waals surface area contributed by atoms with Crippen LogP contribution in [0.15, 0.2) is 36.4 Å². The summed E-state index contributed by atoms with van der Waals surface area (Å²) in [4.78, 5) is 71.1. The molecule has 5 atom stereocenters. The molecule has 3 aliphatic heterocycles. The summed E-state index contributed by atoms with van der Waals surface area (Å²) in [7, 11) is 0. The number of allylic oxidation sites excluding steroid dienone is 1. The van der Waals surface area contributed by atoms with Crippen LogP contribution in [0.25, 0.3) is 0 Å². The van der Waals surface area contributed by atoms with E-state index in [2.05, 4.69) is 36.6 Å². The van der Waals surface area contributed by atoms with Crippen molar-refractivity contribution in [2.45, 2.75) is 108 Å². The number of fused-ring (bicyclic) bond motifs is 3. The van der Waals surface area contributed by atoms with Gasteiger partial charge in [-0.1, -0.05) is 54.4 Å². The summed E-state index contributed by atoms with van der Waals surface area (Å²) in [6.45, 7) is 5.91. The van der Waals surface area contributed by atoms with Crippen molar-refractivity contribution >= 4 is 35.9 Å². The largest absolute Gasteiger partial charge is 0.444 e. The molecular weight excluding hydrogens is 634 g/mol. The minimum atomic E-state index is -1.31. The Labute approximate surface area is 283 Å². The van der Waals surface area contributed by atoms with E-state index in [1.54, 1.807) is 25.7 Å². The second kappa shape index (κ2) is 13.8. The number of alkyl carbamates (subject to hydrolysis) is 1. The molecule has 1 saturated carbocycles. The molecule has 2 aromatic rings. The third-order valence-corrected chi connectivity index (χ3v) is 9.28. The molecule has 0 unspecified atom stereocenters. The van der Waals surface area contributed by atoms with Crippen LogP contribution in [0.4, 0.5) is 15.5 Å². The molecule has 262 valence electrons. The van der Waals surface area contributed by atoms with E-state index in [-0.39, 0.29) is 24.8 Å². The van der Waals surface area contributed by atoms with E-state index in [9.17, 15) is 24.0 Å². The smallest absolute Gasteiger partial charge is 0.410 e. The molecule has 0 spiro atoms. The first kappa shape index (κ1) is 33.9. The van der Waals surface area contributed by atoms with Gasteiger partial charge in [-0.2, -0.15) is 0 Å². The van der Waals surface area contributed by atoms with E-state index in [1.807, 2.05) is 36.4 Å². The topological polar surface area (TPSA) is 201 Å². The van der Waals surface area contributed by atoms with Gasteiger partial charge >= 0.3 is 12.2 Å². The van der Waals surface area contributed by atoms with Gasteiger partial charge in [0.1, 0.15) is 29.3 Å².